The molecule has 8 nitrogen and oxygen atoms in total. The van der Waals surface area contributed by atoms with Crippen LogP contribution in [0.2, 0.25) is 5.02 Å². The molecule has 2 amide bonds. The molecule has 2 aliphatic heterocycles. The molecule has 2 fully saturated rings. The van der Waals surface area contributed by atoms with Gasteiger partial charge < -0.3 is 15.1 Å². The van der Waals surface area contributed by atoms with E-state index in [-0.39, 0.29) is 24.9 Å². The highest BCUT2D eigenvalue weighted by Crippen LogP contribution is 2.21. The Balaban J connectivity index is 1.45. The van der Waals surface area contributed by atoms with Crippen LogP contribution in [0.15, 0.2) is 24.3 Å². The van der Waals surface area contributed by atoms with Gasteiger partial charge in [-0.25, -0.2) is 12.7 Å². The van der Waals surface area contributed by atoms with Crippen LogP contribution < -0.4 is 10.2 Å². The van der Waals surface area contributed by atoms with Crippen LogP contribution in [0.1, 0.15) is 12.8 Å². The van der Waals surface area contributed by atoms with Crippen LogP contribution in [-0.4, -0.2) is 81.5 Å². The molecule has 10 heteroatoms. The van der Waals surface area contributed by atoms with Gasteiger partial charge in [0.2, 0.25) is 21.8 Å². The first kappa shape index (κ1) is 21.9. The fourth-order valence-electron chi connectivity index (χ4n) is 3.76. The quantitative estimate of drug-likeness (QED) is 0.727. The summed E-state index contributed by atoms with van der Waals surface area (Å²) in [6.45, 7) is 3.11. The monoisotopic (exact) mass is 442 g/mol. The lowest BCUT2D eigenvalue weighted by molar-refractivity contribution is -0.134. The Morgan fingerprint density at radius 1 is 1.17 bits per heavy atom. The summed E-state index contributed by atoms with van der Waals surface area (Å²) >= 11 is 6.04. The lowest BCUT2D eigenvalue weighted by Crippen LogP contribution is -2.52. The maximum atomic E-state index is 12.5. The maximum Gasteiger partial charge on any atom is 0.242 e. The molecule has 2 heterocycles. The zero-order valence-corrected chi connectivity index (χ0v) is 18.1. The van der Waals surface area contributed by atoms with Crippen molar-refractivity contribution in [3.8, 4) is 0 Å². The lowest BCUT2D eigenvalue weighted by atomic mass is 9.99. The van der Waals surface area contributed by atoms with Crippen molar-refractivity contribution < 1.29 is 18.0 Å². The molecule has 0 radical (unpaired) electrons. The number of halogens is 1. The number of piperidine rings is 1. The molecule has 1 atom stereocenters. The molecular formula is C19H27ClN4O4S. The summed E-state index contributed by atoms with van der Waals surface area (Å²) in [6.07, 6.45) is 2.43. The zero-order valence-electron chi connectivity index (χ0n) is 16.5. The number of piperazine rings is 1. The number of nitrogens with zero attached hydrogens (tertiary/aromatic N) is 3. The highest BCUT2D eigenvalue weighted by molar-refractivity contribution is 7.88. The minimum Gasteiger partial charge on any atom is -0.368 e. The molecule has 3 rings (SSSR count). The fourth-order valence-corrected chi connectivity index (χ4v) is 4.86. The molecule has 160 valence electrons. The predicted molar refractivity (Wildman–Crippen MR) is 112 cm³/mol. The second-order valence-electron chi connectivity index (χ2n) is 7.53. The normalized spacial score (nSPS) is 21.1. The number of carbonyl (C=O) groups is 2. The van der Waals surface area contributed by atoms with Crippen molar-refractivity contribution in [2.24, 2.45) is 5.92 Å². The van der Waals surface area contributed by atoms with E-state index in [1.807, 2.05) is 24.3 Å². The van der Waals surface area contributed by atoms with E-state index in [1.54, 1.807) is 4.90 Å². The number of hydrogen-bond donors (Lipinski definition) is 1. The van der Waals surface area contributed by atoms with Gasteiger partial charge in [0, 0.05) is 50.0 Å². The van der Waals surface area contributed by atoms with Crippen LogP contribution in [0.4, 0.5) is 5.69 Å². The summed E-state index contributed by atoms with van der Waals surface area (Å²) in [5, 5.41) is 3.37. The smallest absolute Gasteiger partial charge is 0.242 e. The molecule has 0 bridgehead atoms. The number of hydrogen-bond acceptors (Lipinski definition) is 5. The molecule has 1 aromatic rings. The lowest BCUT2D eigenvalue weighted by Gasteiger charge is -2.36. The van der Waals surface area contributed by atoms with E-state index < -0.39 is 15.9 Å². The molecular weight excluding hydrogens is 416 g/mol. The van der Waals surface area contributed by atoms with E-state index in [1.165, 1.54) is 4.31 Å². The first-order valence-electron chi connectivity index (χ1n) is 9.75. The standard InChI is InChI=1S/C19H27ClN4O4S/c1-29(27,28)24-7-3-4-15(14-24)19(26)21-13-18(25)23-10-8-22(9-11-23)17-6-2-5-16(20)12-17/h2,5-6,12,15H,3-4,7-11,13-14H2,1H3,(H,21,26). The minimum atomic E-state index is -3.31. The Kier molecular flexibility index (Phi) is 7.02. The molecule has 0 saturated carbocycles. The van der Waals surface area contributed by atoms with E-state index >= 15 is 0 Å². The van der Waals surface area contributed by atoms with Gasteiger partial charge in [0.05, 0.1) is 18.7 Å². The first-order chi connectivity index (χ1) is 13.7. The van der Waals surface area contributed by atoms with Crippen LogP contribution in [-0.2, 0) is 19.6 Å². The number of amides is 2. The van der Waals surface area contributed by atoms with E-state index in [0.29, 0.717) is 50.6 Å². The average molecular weight is 443 g/mol. The van der Waals surface area contributed by atoms with Crippen molar-refractivity contribution in [1.29, 1.82) is 0 Å². The molecule has 0 aromatic heterocycles. The van der Waals surface area contributed by atoms with Crippen LogP contribution in [0.3, 0.4) is 0 Å². The van der Waals surface area contributed by atoms with Crippen molar-refractivity contribution in [2.75, 3.05) is 57.0 Å². The summed E-state index contributed by atoms with van der Waals surface area (Å²) < 4.78 is 24.7. The third-order valence-electron chi connectivity index (χ3n) is 5.44. The molecule has 1 unspecified atom stereocenters. The topological polar surface area (TPSA) is 90.0 Å². The van der Waals surface area contributed by atoms with E-state index in [2.05, 4.69) is 10.2 Å². The van der Waals surface area contributed by atoms with Crippen LogP contribution >= 0.6 is 11.6 Å². The van der Waals surface area contributed by atoms with Gasteiger partial charge in [-0.05, 0) is 31.0 Å². The number of rotatable bonds is 5. The fraction of sp³-hybridized carbons (Fsp3) is 0.579. The van der Waals surface area contributed by atoms with Gasteiger partial charge in [-0.3, -0.25) is 9.59 Å². The Morgan fingerprint density at radius 3 is 2.55 bits per heavy atom. The summed E-state index contributed by atoms with van der Waals surface area (Å²) in [5.74, 6) is -0.796. The van der Waals surface area contributed by atoms with Crippen molar-refractivity contribution in [3.05, 3.63) is 29.3 Å². The Hall–Kier alpha value is -1.84. The van der Waals surface area contributed by atoms with Gasteiger partial charge in [0.25, 0.3) is 0 Å². The second kappa shape index (κ2) is 9.32. The summed E-state index contributed by atoms with van der Waals surface area (Å²) in [6, 6.07) is 7.63. The van der Waals surface area contributed by atoms with Crippen molar-refractivity contribution in [1.82, 2.24) is 14.5 Å². The highest BCUT2D eigenvalue weighted by Gasteiger charge is 2.30. The van der Waals surface area contributed by atoms with Gasteiger partial charge in [0.1, 0.15) is 0 Å². The number of nitrogens with one attached hydrogen (secondary N) is 1. The second-order valence-corrected chi connectivity index (χ2v) is 9.94. The summed E-state index contributed by atoms with van der Waals surface area (Å²) in [7, 11) is -3.31. The van der Waals surface area contributed by atoms with Crippen LogP contribution in [0, 0.1) is 5.92 Å². The number of benzene rings is 1. The molecule has 29 heavy (non-hydrogen) atoms. The van der Waals surface area contributed by atoms with Gasteiger partial charge in [-0.15, -0.1) is 0 Å². The van der Waals surface area contributed by atoms with Gasteiger partial charge in [-0.1, -0.05) is 17.7 Å². The molecule has 1 aromatic carbocycles. The Bertz CT molecular complexity index is 856. The zero-order chi connectivity index (χ0) is 21.0. The third-order valence-corrected chi connectivity index (χ3v) is 6.95. The van der Waals surface area contributed by atoms with Crippen LogP contribution in [0.25, 0.3) is 0 Å². The largest absolute Gasteiger partial charge is 0.368 e. The number of anilines is 1. The van der Waals surface area contributed by atoms with E-state index in [0.717, 1.165) is 11.9 Å². The van der Waals surface area contributed by atoms with E-state index in [4.69, 9.17) is 11.6 Å². The SMILES string of the molecule is CS(=O)(=O)N1CCCC(C(=O)NCC(=O)N2CCN(c3cccc(Cl)c3)CC2)C1. The molecule has 1 N–H and O–H groups in total. The number of carbonyl (C=O) groups excluding carboxylic acids is 2. The van der Waals surface area contributed by atoms with Crippen molar-refractivity contribution in [2.45, 2.75) is 12.8 Å². The average Bonchev–Trinajstić information content (AvgIpc) is 2.71. The number of sulfonamides is 1. The van der Waals surface area contributed by atoms with Gasteiger partial charge >= 0.3 is 0 Å². The molecule has 0 aliphatic carbocycles. The Morgan fingerprint density at radius 2 is 1.90 bits per heavy atom. The minimum absolute atomic E-state index is 0.0641. The highest BCUT2D eigenvalue weighted by atomic mass is 35.5. The van der Waals surface area contributed by atoms with Gasteiger partial charge in [0.15, 0.2) is 0 Å². The first-order valence-corrected chi connectivity index (χ1v) is 12.0. The maximum absolute atomic E-state index is 12.5. The summed E-state index contributed by atoms with van der Waals surface area (Å²) in [4.78, 5) is 28.8. The Labute approximate surface area is 176 Å². The molecule has 2 saturated heterocycles. The van der Waals surface area contributed by atoms with Crippen molar-refractivity contribution >= 4 is 39.1 Å². The molecule has 0 spiro atoms. The third kappa shape index (κ3) is 5.83. The van der Waals surface area contributed by atoms with E-state index in [9.17, 15) is 18.0 Å². The van der Waals surface area contributed by atoms with Crippen LogP contribution in [0.5, 0.6) is 0 Å². The summed E-state index contributed by atoms with van der Waals surface area (Å²) in [5.41, 5.74) is 1.03. The van der Waals surface area contributed by atoms with Gasteiger partial charge in [-0.2, -0.15) is 0 Å². The predicted octanol–water partition coefficient (Wildman–Crippen LogP) is 0.776. The molecule has 2 aliphatic rings. The van der Waals surface area contributed by atoms with Crippen molar-refractivity contribution in [3.63, 3.8) is 0 Å².